The molecule has 156 valence electrons. The van der Waals surface area contributed by atoms with Crippen molar-refractivity contribution in [3.63, 3.8) is 0 Å². The third-order valence-corrected chi connectivity index (χ3v) is 5.90. The number of amides is 2. The van der Waals surface area contributed by atoms with Crippen LogP contribution in [0.3, 0.4) is 0 Å². The molecule has 2 rings (SSSR count). The number of benzene rings is 2. The highest BCUT2D eigenvalue weighted by molar-refractivity contribution is 9.10. The van der Waals surface area contributed by atoms with Crippen LogP contribution in [0.2, 0.25) is 0 Å². The first-order valence-corrected chi connectivity index (χ1v) is 11.7. The van der Waals surface area contributed by atoms with Gasteiger partial charge < -0.3 is 10.2 Å². The second kappa shape index (κ2) is 11.4. The summed E-state index contributed by atoms with van der Waals surface area (Å²) in [6.45, 7) is 8.09. The van der Waals surface area contributed by atoms with Gasteiger partial charge in [0.05, 0.1) is 5.75 Å². The molecule has 0 heterocycles. The van der Waals surface area contributed by atoms with Crippen LogP contribution < -0.4 is 5.32 Å². The van der Waals surface area contributed by atoms with Crippen LogP contribution in [0.4, 0.5) is 0 Å². The molecule has 1 N–H and O–H groups in total. The number of carbonyl (C=O) groups excluding carboxylic acids is 2. The van der Waals surface area contributed by atoms with Gasteiger partial charge in [0, 0.05) is 22.8 Å². The molecular weight excluding hydrogens is 448 g/mol. The van der Waals surface area contributed by atoms with Gasteiger partial charge in [0.1, 0.15) is 6.04 Å². The summed E-state index contributed by atoms with van der Waals surface area (Å²) in [6.07, 6.45) is 0. The number of halogens is 1. The Balaban J connectivity index is 2.07. The van der Waals surface area contributed by atoms with E-state index < -0.39 is 6.04 Å². The Morgan fingerprint density at radius 1 is 1.07 bits per heavy atom. The summed E-state index contributed by atoms with van der Waals surface area (Å²) in [5, 5.41) is 2.91. The summed E-state index contributed by atoms with van der Waals surface area (Å²) >= 11 is 5.05. The van der Waals surface area contributed by atoms with Gasteiger partial charge in [-0.3, -0.25) is 9.59 Å². The first-order chi connectivity index (χ1) is 13.8. The maximum atomic E-state index is 13.0. The van der Waals surface area contributed by atoms with Crippen molar-refractivity contribution in [3.8, 4) is 0 Å². The van der Waals surface area contributed by atoms with Gasteiger partial charge >= 0.3 is 0 Å². The van der Waals surface area contributed by atoms with Gasteiger partial charge in [0.2, 0.25) is 11.8 Å². The molecule has 2 amide bonds. The standard InChI is InChI=1S/C23H29BrN2O2S/c1-16(2)25-23(28)18(4)26(13-19-8-6-10-21(24)12-19)22(27)15-29-14-20-9-5-7-17(3)11-20/h5-12,16,18H,13-15H2,1-4H3,(H,25,28)/t18-/m0/s1. The number of carbonyl (C=O) groups is 2. The number of hydrogen-bond acceptors (Lipinski definition) is 3. The second-order valence-electron chi connectivity index (χ2n) is 7.47. The molecular formula is C23H29BrN2O2S. The van der Waals surface area contributed by atoms with Gasteiger partial charge in [0.25, 0.3) is 0 Å². The van der Waals surface area contributed by atoms with Crippen molar-refractivity contribution < 1.29 is 9.59 Å². The van der Waals surface area contributed by atoms with Gasteiger partial charge in [-0.1, -0.05) is 57.9 Å². The zero-order valence-corrected chi connectivity index (χ0v) is 19.8. The molecule has 0 aromatic heterocycles. The maximum absolute atomic E-state index is 13.0. The molecule has 0 spiro atoms. The predicted molar refractivity (Wildman–Crippen MR) is 125 cm³/mol. The summed E-state index contributed by atoms with van der Waals surface area (Å²) in [4.78, 5) is 27.3. The van der Waals surface area contributed by atoms with E-state index in [9.17, 15) is 9.59 Å². The van der Waals surface area contributed by atoms with Gasteiger partial charge in [-0.05, 0) is 51.0 Å². The van der Waals surface area contributed by atoms with E-state index in [1.807, 2.05) is 44.2 Å². The van der Waals surface area contributed by atoms with Crippen LogP contribution in [0.15, 0.2) is 53.0 Å². The highest BCUT2D eigenvalue weighted by Gasteiger charge is 2.26. The smallest absolute Gasteiger partial charge is 0.242 e. The van der Waals surface area contributed by atoms with Crippen LogP contribution in [0, 0.1) is 6.92 Å². The van der Waals surface area contributed by atoms with E-state index in [2.05, 4.69) is 46.4 Å². The minimum absolute atomic E-state index is 0.0310. The SMILES string of the molecule is Cc1cccc(CSCC(=O)N(Cc2cccc(Br)c2)[C@@H](C)C(=O)NC(C)C)c1. The van der Waals surface area contributed by atoms with Crippen molar-refractivity contribution in [1.29, 1.82) is 0 Å². The van der Waals surface area contributed by atoms with Crippen molar-refractivity contribution in [1.82, 2.24) is 10.2 Å². The molecule has 0 bridgehead atoms. The van der Waals surface area contributed by atoms with Gasteiger partial charge in [0.15, 0.2) is 0 Å². The Kier molecular flexibility index (Phi) is 9.24. The average Bonchev–Trinajstić information content (AvgIpc) is 2.65. The third kappa shape index (κ3) is 7.86. The lowest BCUT2D eigenvalue weighted by molar-refractivity contribution is -0.138. The third-order valence-electron chi connectivity index (χ3n) is 4.42. The molecule has 29 heavy (non-hydrogen) atoms. The molecule has 0 fully saturated rings. The van der Waals surface area contributed by atoms with E-state index in [4.69, 9.17) is 0 Å². The fraction of sp³-hybridized carbons (Fsp3) is 0.391. The Bertz CT molecular complexity index is 841. The number of nitrogens with zero attached hydrogens (tertiary/aromatic N) is 1. The van der Waals surface area contributed by atoms with Crippen molar-refractivity contribution >= 4 is 39.5 Å². The van der Waals surface area contributed by atoms with E-state index in [1.54, 1.807) is 23.6 Å². The number of rotatable bonds is 9. The van der Waals surface area contributed by atoms with Gasteiger partial charge in [-0.25, -0.2) is 0 Å². The molecule has 0 aliphatic carbocycles. The van der Waals surface area contributed by atoms with Crippen LogP contribution >= 0.6 is 27.7 Å². The molecule has 0 aliphatic heterocycles. The molecule has 0 saturated heterocycles. The van der Waals surface area contributed by atoms with Crippen molar-refractivity contribution in [3.05, 3.63) is 69.7 Å². The fourth-order valence-corrected chi connectivity index (χ4v) is 4.27. The maximum Gasteiger partial charge on any atom is 0.242 e. The zero-order valence-electron chi connectivity index (χ0n) is 17.4. The lowest BCUT2D eigenvalue weighted by Gasteiger charge is -2.29. The molecule has 0 saturated carbocycles. The van der Waals surface area contributed by atoms with Crippen LogP contribution in [0.5, 0.6) is 0 Å². The quantitative estimate of drug-likeness (QED) is 0.557. The topological polar surface area (TPSA) is 49.4 Å². The molecule has 0 aliphatic rings. The fourth-order valence-electron chi connectivity index (χ4n) is 2.96. The Morgan fingerprint density at radius 3 is 2.41 bits per heavy atom. The number of hydrogen-bond donors (Lipinski definition) is 1. The van der Waals surface area contributed by atoms with Crippen LogP contribution in [-0.4, -0.2) is 34.6 Å². The molecule has 0 radical (unpaired) electrons. The largest absolute Gasteiger partial charge is 0.352 e. The molecule has 1 atom stereocenters. The normalized spacial score (nSPS) is 11.9. The van der Waals surface area contributed by atoms with Crippen LogP contribution in [-0.2, 0) is 21.9 Å². The minimum Gasteiger partial charge on any atom is -0.352 e. The van der Waals surface area contributed by atoms with Crippen molar-refractivity contribution in [2.45, 2.75) is 52.1 Å². The summed E-state index contributed by atoms with van der Waals surface area (Å²) in [5.74, 6) is 0.937. The highest BCUT2D eigenvalue weighted by Crippen LogP contribution is 2.18. The highest BCUT2D eigenvalue weighted by atomic mass is 79.9. The first kappa shape index (κ1) is 23.5. The number of aryl methyl sites for hydroxylation is 1. The van der Waals surface area contributed by atoms with E-state index in [0.29, 0.717) is 12.3 Å². The molecule has 0 unspecified atom stereocenters. The summed E-state index contributed by atoms with van der Waals surface area (Å²) in [6, 6.07) is 15.6. The summed E-state index contributed by atoms with van der Waals surface area (Å²) in [5.41, 5.74) is 3.40. The summed E-state index contributed by atoms with van der Waals surface area (Å²) in [7, 11) is 0. The minimum atomic E-state index is -0.538. The predicted octanol–water partition coefficient (Wildman–Crippen LogP) is 4.93. The van der Waals surface area contributed by atoms with Crippen LogP contribution in [0.25, 0.3) is 0 Å². The first-order valence-electron chi connectivity index (χ1n) is 9.74. The Hall–Kier alpha value is -1.79. The van der Waals surface area contributed by atoms with Crippen molar-refractivity contribution in [2.24, 2.45) is 0 Å². The van der Waals surface area contributed by atoms with E-state index >= 15 is 0 Å². The van der Waals surface area contributed by atoms with E-state index in [-0.39, 0.29) is 17.9 Å². The molecule has 2 aromatic rings. The summed E-state index contributed by atoms with van der Waals surface area (Å²) < 4.78 is 0.954. The van der Waals surface area contributed by atoms with Gasteiger partial charge in [-0.2, -0.15) is 0 Å². The average molecular weight is 477 g/mol. The van der Waals surface area contributed by atoms with Crippen LogP contribution in [0.1, 0.15) is 37.5 Å². The monoisotopic (exact) mass is 476 g/mol. The van der Waals surface area contributed by atoms with E-state index in [1.165, 1.54) is 11.1 Å². The second-order valence-corrected chi connectivity index (χ2v) is 9.37. The Morgan fingerprint density at radius 2 is 1.76 bits per heavy atom. The molecule has 2 aromatic carbocycles. The van der Waals surface area contributed by atoms with Crippen molar-refractivity contribution in [2.75, 3.05) is 5.75 Å². The Labute approximate surface area is 186 Å². The number of thioether (sulfide) groups is 1. The zero-order chi connectivity index (χ0) is 21.4. The lowest BCUT2D eigenvalue weighted by Crippen LogP contribution is -2.49. The van der Waals surface area contributed by atoms with E-state index in [0.717, 1.165) is 15.8 Å². The number of nitrogens with one attached hydrogen (secondary N) is 1. The van der Waals surface area contributed by atoms with Gasteiger partial charge in [-0.15, -0.1) is 11.8 Å². The molecule has 4 nitrogen and oxygen atoms in total. The lowest BCUT2D eigenvalue weighted by atomic mass is 10.1. The molecule has 6 heteroatoms.